The van der Waals surface area contributed by atoms with Crippen molar-refractivity contribution >= 4 is 44.2 Å². The predicted molar refractivity (Wildman–Crippen MR) is 70.2 cm³/mol. The molecule has 0 aliphatic rings. The van der Waals surface area contributed by atoms with Gasteiger partial charge in [-0.1, -0.05) is 22.0 Å². The largest absolute Gasteiger partial charge is 0.375 e. The van der Waals surface area contributed by atoms with Crippen LogP contribution in [0.25, 0.3) is 0 Å². The summed E-state index contributed by atoms with van der Waals surface area (Å²) in [5.74, 6) is 0.865. The number of halogens is 1. The molecule has 78 valence electrons. The molecular weight excluding hydrogens is 292 g/mol. The third-order valence-electron chi connectivity index (χ3n) is 1.75. The molecule has 1 aromatic heterocycles. The van der Waals surface area contributed by atoms with Crippen molar-refractivity contribution in [1.82, 2.24) is 4.98 Å². The summed E-state index contributed by atoms with van der Waals surface area (Å²) in [5.41, 5.74) is 6.61. The maximum atomic E-state index is 5.56. The van der Waals surface area contributed by atoms with E-state index in [-0.39, 0.29) is 0 Å². The van der Waals surface area contributed by atoms with Crippen LogP contribution in [0.1, 0.15) is 5.69 Å². The summed E-state index contributed by atoms with van der Waals surface area (Å²) < 4.78 is 1.10. The molecule has 0 bridgehead atoms. The van der Waals surface area contributed by atoms with Crippen LogP contribution in [0.15, 0.2) is 39.0 Å². The molecule has 0 spiro atoms. The molecule has 0 saturated carbocycles. The smallest absolute Gasteiger partial charge is 0.180 e. The minimum Gasteiger partial charge on any atom is -0.375 e. The first-order valence-electron chi connectivity index (χ1n) is 4.32. The number of anilines is 1. The molecule has 2 nitrogen and oxygen atoms in total. The molecule has 0 radical (unpaired) electrons. The molecule has 0 saturated heterocycles. The highest BCUT2D eigenvalue weighted by Crippen LogP contribution is 2.26. The van der Waals surface area contributed by atoms with Gasteiger partial charge in [0.15, 0.2) is 5.13 Å². The lowest BCUT2D eigenvalue weighted by atomic mass is 10.4. The van der Waals surface area contributed by atoms with E-state index in [1.54, 1.807) is 11.8 Å². The van der Waals surface area contributed by atoms with Gasteiger partial charge in [0, 0.05) is 20.5 Å². The van der Waals surface area contributed by atoms with Gasteiger partial charge in [-0.3, -0.25) is 0 Å². The lowest BCUT2D eigenvalue weighted by molar-refractivity contribution is 1.23. The minimum atomic E-state index is 0.639. The molecule has 5 heteroatoms. The highest BCUT2D eigenvalue weighted by atomic mass is 79.9. The van der Waals surface area contributed by atoms with Crippen molar-refractivity contribution in [1.29, 1.82) is 0 Å². The van der Waals surface area contributed by atoms with Gasteiger partial charge >= 0.3 is 0 Å². The van der Waals surface area contributed by atoms with Crippen molar-refractivity contribution < 1.29 is 0 Å². The number of thiazole rings is 1. The first-order valence-corrected chi connectivity index (χ1v) is 6.98. The van der Waals surface area contributed by atoms with Gasteiger partial charge in [-0.15, -0.1) is 23.1 Å². The summed E-state index contributed by atoms with van der Waals surface area (Å²) in [7, 11) is 0. The fraction of sp³-hybridized carbons (Fsp3) is 0.100. The van der Waals surface area contributed by atoms with E-state index in [0.717, 1.165) is 15.9 Å². The summed E-state index contributed by atoms with van der Waals surface area (Å²) in [6, 6.07) is 8.23. The number of benzene rings is 1. The summed E-state index contributed by atoms with van der Waals surface area (Å²) in [5, 5.41) is 2.64. The Bertz CT molecular complexity index is 456. The van der Waals surface area contributed by atoms with Gasteiger partial charge in [0.1, 0.15) is 0 Å². The van der Waals surface area contributed by atoms with Crippen molar-refractivity contribution in [2.24, 2.45) is 0 Å². The van der Waals surface area contributed by atoms with E-state index >= 15 is 0 Å². The third kappa shape index (κ3) is 3.22. The summed E-state index contributed by atoms with van der Waals surface area (Å²) in [6.45, 7) is 0. The third-order valence-corrected chi connectivity index (χ3v) is 4.00. The summed E-state index contributed by atoms with van der Waals surface area (Å²) in [6.07, 6.45) is 0. The van der Waals surface area contributed by atoms with E-state index in [0.29, 0.717) is 5.13 Å². The molecule has 0 amide bonds. The molecule has 0 aliphatic carbocycles. The molecule has 2 aromatic rings. The Morgan fingerprint density at radius 2 is 2.33 bits per heavy atom. The second kappa shape index (κ2) is 5.01. The molecule has 2 N–H and O–H groups in total. The quantitative estimate of drug-likeness (QED) is 0.877. The number of thioether (sulfide) groups is 1. The summed E-state index contributed by atoms with van der Waals surface area (Å²) in [4.78, 5) is 5.44. The van der Waals surface area contributed by atoms with Crippen LogP contribution < -0.4 is 5.73 Å². The Morgan fingerprint density at radius 3 is 3.00 bits per heavy atom. The van der Waals surface area contributed by atoms with Crippen LogP contribution in [0.2, 0.25) is 0 Å². The number of hydrogen-bond acceptors (Lipinski definition) is 4. The lowest BCUT2D eigenvalue weighted by Gasteiger charge is -1.99. The van der Waals surface area contributed by atoms with Crippen LogP contribution in [-0.4, -0.2) is 4.98 Å². The van der Waals surface area contributed by atoms with E-state index in [1.807, 2.05) is 17.5 Å². The predicted octanol–water partition coefficient (Wildman–Crippen LogP) is 3.78. The molecule has 0 atom stereocenters. The zero-order chi connectivity index (χ0) is 10.7. The minimum absolute atomic E-state index is 0.639. The normalized spacial score (nSPS) is 10.5. The molecule has 2 rings (SSSR count). The van der Waals surface area contributed by atoms with E-state index in [9.17, 15) is 0 Å². The SMILES string of the molecule is Nc1nc(CSc2cccc(Br)c2)cs1. The van der Waals surface area contributed by atoms with Gasteiger partial charge in [-0.25, -0.2) is 4.98 Å². The van der Waals surface area contributed by atoms with Crippen LogP contribution in [-0.2, 0) is 5.75 Å². The Hall–Kier alpha value is -0.520. The van der Waals surface area contributed by atoms with Crippen molar-refractivity contribution in [3.8, 4) is 0 Å². The molecule has 1 aromatic carbocycles. The van der Waals surface area contributed by atoms with Crippen LogP contribution in [0.4, 0.5) is 5.13 Å². The average Bonchev–Trinajstić information content (AvgIpc) is 2.62. The van der Waals surface area contributed by atoms with E-state index in [2.05, 4.69) is 33.0 Å². The van der Waals surface area contributed by atoms with Gasteiger partial charge in [0.25, 0.3) is 0 Å². The van der Waals surface area contributed by atoms with Gasteiger partial charge in [0.2, 0.25) is 0 Å². The van der Waals surface area contributed by atoms with E-state index in [4.69, 9.17) is 5.73 Å². The first-order chi connectivity index (χ1) is 7.24. The molecular formula is C10H9BrN2S2. The summed E-state index contributed by atoms with van der Waals surface area (Å²) >= 11 is 6.69. The Morgan fingerprint density at radius 1 is 1.47 bits per heavy atom. The van der Waals surface area contributed by atoms with Crippen LogP contribution in [0, 0.1) is 0 Å². The Labute approximate surface area is 105 Å². The standard InChI is InChI=1S/C10H9BrN2S2/c11-7-2-1-3-9(4-7)14-5-8-6-15-10(12)13-8/h1-4,6H,5H2,(H2,12,13). The maximum Gasteiger partial charge on any atom is 0.180 e. The number of aromatic nitrogens is 1. The topological polar surface area (TPSA) is 38.9 Å². The highest BCUT2D eigenvalue weighted by Gasteiger charge is 2.00. The second-order valence-corrected chi connectivity index (χ2v) is 5.78. The van der Waals surface area contributed by atoms with E-state index in [1.165, 1.54) is 16.2 Å². The number of hydrogen-bond donors (Lipinski definition) is 1. The maximum absolute atomic E-state index is 5.56. The van der Waals surface area contributed by atoms with Gasteiger partial charge < -0.3 is 5.73 Å². The molecule has 1 heterocycles. The van der Waals surface area contributed by atoms with Gasteiger partial charge in [-0.05, 0) is 18.2 Å². The fourth-order valence-corrected chi connectivity index (χ4v) is 3.17. The van der Waals surface area contributed by atoms with Gasteiger partial charge in [-0.2, -0.15) is 0 Å². The highest BCUT2D eigenvalue weighted by molar-refractivity contribution is 9.10. The monoisotopic (exact) mass is 300 g/mol. The van der Waals surface area contributed by atoms with Gasteiger partial charge in [0.05, 0.1) is 5.69 Å². The molecule has 0 unspecified atom stereocenters. The number of nitrogens with two attached hydrogens (primary N) is 1. The first kappa shape index (κ1) is 11.0. The van der Waals surface area contributed by atoms with E-state index < -0.39 is 0 Å². The molecule has 0 fully saturated rings. The number of nitrogen functional groups attached to an aromatic ring is 1. The number of rotatable bonds is 3. The van der Waals surface area contributed by atoms with Crippen molar-refractivity contribution in [3.05, 3.63) is 39.8 Å². The molecule has 0 aliphatic heterocycles. The number of nitrogens with zero attached hydrogens (tertiary/aromatic N) is 1. The zero-order valence-electron chi connectivity index (χ0n) is 7.81. The molecule has 15 heavy (non-hydrogen) atoms. The van der Waals surface area contributed by atoms with Crippen LogP contribution >= 0.6 is 39.0 Å². The van der Waals surface area contributed by atoms with Crippen molar-refractivity contribution in [2.45, 2.75) is 10.6 Å². The van der Waals surface area contributed by atoms with Crippen LogP contribution in [0.3, 0.4) is 0 Å². The van der Waals surface area contributed by atoms with Crippen molar-refractivity contribution in [2.75, 3.05) is 5.73 Å². The van der Waals surface area contributed by atoms with Crippen molar-refractivity contribution in [3.63, 3.8) is 0 Å². The Kier molecular flexibility index (Phi) is 3.66. The average molecular weight is 301 g/mol. The Balaban J connectivity index is 1.99. The lowest BCUT2D eigenvalue weighted by Crippen LogP contribution is -1.84. The second-order valence-electron chi connectivity index (χ2n) is 2.92. The zero-order valence-corrected chi connectivity index (χ0v) is 11.0. The fourth-order valence-electron chi connectivity index (χ4n) is 1.10. The van der Waals surface area contributed by atoms with Crippen LogP contribution in [0.5, 0.6) is 0 Å².